The number of benzene rings is 3. The molecule has 0 fully saturated rings. The Hall–Kier alpha value is -4.70. The molecule has 0 bridgehead atoms. The molecular weight excluding hydrogens is 519 g/mol. The number of amides is 2. The van der Waals surface area contributed by atoms with Crippen LogP contribution in [0.5, 0.6) is 11.5 Å². The van der Waals surface area contributed by atoms with Crippen LogP contribution in [0, 0.1) is 24.4 Å². The van der Waals surface area contributed by atoms with E-state index in [2.05, 4.69) is 25.6 Å². The Morgan fingerprint density at radius 3 is 2.50 bits per heavy atom. The van der Waals surface area contributed by atoms with E-state index in [0.29, 0.717) is 33.5 Å². The van der Waals surface area contributed by atoms with E-state index in [0.717, 1.165) is 11.3 Å². The smallest absolute Gasteiger partial charge is 0.323 e. The molecule has 5 rings (SSSR count). The number of hydrogen-bond acceptors (Lipinski definition) is 5. The van der Waals surface area contributed by atoms with Crippen LogP contribution in [0.3, 0.4) is 0 Å². The van der Waals surface area contributed by atoms with Crippen molar-refractivity contribution < 1.29 is 22.7 Å². The number of rotatable bonds is 5. The summed E-state index contributed by atoms with van der Waals surface area (Å²) in [7, 11) is 0. The van der Waals surface area contributed by atoms with Gasteiger partial charge in [0, 0.05) is 40.3 Å². The Morgan fingerprint density at radius 2 is 1.74 bits per heavy atom. The van der Waals surface area contributed by atoms with Crippen molar-refractivity contribution in [3.05, 3.63) is 101 Å². The number of aromatic nitrogens is 3. The van der Waals surface area contributed by atoms with Crippen LogP contribution in [0.4, 0.5) is 29.3 Å². The van der Waals surface area contributed by atoms with Gasteiger partial charge in [0.25, 0.3) is 0 Å². The molecule has 2 amide bonds. The van der Waals surface area contributed by atoms with Crippen LogP contribution in [0.2, 0.25) is 5.02 Å². The van der Waals surface area contributed by atoms with E-state index in [1.807, 2.05) is 19.1 Å². The van der Waals surface area contributed by atoms with Gasteiger partial charge in [0.2, 0.25) is 11.6 Å². The summed E-state index contributed by atoms with van der Waals surface area (Å²) >= 11 is 5.88. The number of anilines is 2. The second kappa shape index (κ2) is 10.3. The summed E-state index contributed by atoms with van der Waals surface area (Å²) in [5, 5.41) is 4.94. The Morgan fingerprint density at radius 1 is 0.895 bits per heavy atom. The van der Waals surface area contributed by atoms with Gasteiger partial charge in [-0.05, 0) is 49.4 Å². The SMILES string of the molecule is Cc1ccc(-c2cnc3ccc(Oc4c(F)c(F)cc(NC(=O)Nc5cccc(Cl)c5)c4F)cc3n2)cn1. The number of carbonyl (C=O) groups excluding carboxylic acids is 1. The summed E-state index contributed by atoms with van der Waals surface area (Å²) in [5.74, 6) is -5.35. The standard InChI is InChI=1S/C27H17ClF3N5O2/c1-14-5-6-15(12-32-14)23-13-33-20-8-7-18(10-21(20)35-23)38-26-24(30)19(29)11-22(25(26)31)36-27(37)34-17-4-2-3-16(28)9-17/h2-13H,1H3,(H2,34,36,37). The van der Waals surface area contributed by atoms with Crippen molar-refractivity contribution in [1.29, 1.82) is 0 Å². The van der Waals surface area contributed by atoms with E-state index in [1.165, 1.54) is 18.2 Å². The lowest BCUT2D eigenvalue weighted by atomic mass is 10.2. The highest BCUT2D eigenvalue weighted by Gasteiger charge is 2.23. The summed E-state index contributed by atoms with van der Waals surface area (Å²) in [6.07, 6.45) is 3.23. The van der Waals surface area contributed by atoms with E-state index in [9.17, 15) is 13.6 Å². The highest BCUT2D eigenvalue weighted by Crippen LogP contribution is 2.35. The highest BCUT2D eigenvalue weighted by molar-refractivity contribution is 6.30. The molecule has 5 aromatic rings. The van der Waals surface area contributed by atoms with Gasteiger partial charge < -0.3 is 15.4 Å². The highest BCUT2D eigenvalue weighted by atomic mass is 35.5. The third-order valence-corrected chi connectivity index (χ3v) is 5.62. The third kappa shape index (κ3) is 5.35. The molecular formula is C27H17ClF3N5O2. The van der Waals surface area contributed by atoms with E-state index in [1.54, 1.807) is 36.7 Å². The minimum absolute atomic E-state index is 0.0243. The minimum atomic E-state index is -1.56. The molecule has 3 aromatic carbocycles. The maximum atomic E-state index is 15.2. The Labute approximate surface area is 219 Å². The fourth-order valence-corrected chi connectivity index (χ4v) is 3.73. The van der Waals surface area contributed by atoms with Crippen LogP contribution in [-0.4, -0.2) is 21.0 Å². The Bertz CT molecular complexity index is 1680. The first kappa shape index (κ1) is 25.0. The molecule has 2 N–H and O–H groups in total. The van der Waals surface area contributed by atoms with Crippen LogP contribution < -0.4 is 15.4 Å². The molecule has 0 aliphatic rings. The molecule has 0 aliphatic carbocycles. The number of hydrogen-bond donors (Lipinski definition) is 2. The van der Waals surface area contributed by atoms with Gasteiger partial charge in [0.05, 0.1) is 28.6 Å². The van der Waals surface area contributed by atoms with Gasteiger partial charge in [0.1, 0.15) is 5.75 Å². The van der Waals surface area contributed by atoms with Gasteiger partial charge >= 0.3 is 6.03 Å². The van der Waals surface area contributed by atoms with Gasteiger partial charge in [-0.3, -0.25) is 9.97 Å². The van der Waals surface area contributed by atoms with Crippen LogP contribution in [0.25, 0.3) is 22.3 Å². The van der Waals surface area contributed by atoms with E-state index in [-0.39, 0.29) is 5.75 Å². The lowest BCUT2D eigenvalue weighted by molar-refractivity contribution is 0.262. The molecule has 0 unspecified atom stereocenters. The molecule has 38 heavy (non-hydrogen) atoms. The van der Waals surface area contributed by atoms with Crippen LogP contribution in [0.15, 0.2) is 73.1 Å². The largest absolute Gasteiger partial charge is 0.451 e. The van der Waals surface area contributed by atoms with Crippen molar-refractivity contribution in [2.75, 3.05) is 10.6 Å². The topological polar surface area (TPSA) is 89.0 Å². The maximum absolute atomic E-state index is 15.2. The first-order chi connectivity index (χ1) is 18.3. The molecule has 190 valence electrons. The number of nitrogens with one attached hydrogen (secondary N) is 2. The van der Waals surface area contributed by atoms with Crippen molar-refractivity contribution in [2.24, 2.45) is 0 Å². The number of aryl methyl sites for hydroxylation is 1. The Kier molecular flexibility index (Phi) is 6.80. The fourth-order valence-electron chi connectivity index (χ4n) is 3.54. The number of pyridine rings is 1. The van der Waals surface area contributed by atoms with Crippen molar-refractivity contribution in [1.82, 2.24) is 15.0 Å². The van der Waals surface area contributed by atoms with E-state index in [4.69, 9.17) is 16.3 Å². The molecule has 11 heteroatoms. The lowest BCUT2D eigenvalue weighted by Gasteiger charge is -2.14. The van der Waals surface area contributed by atoms with Gasteiger partial charge in [-0.15, -0.1) is 0 Å². The molecule has 0 aliphatic heterocycles. The molecule has 2 heterocycles. The first-order valence-electron chi connectivity index (χ1n) is 11.2. The number of urea groups is 1. The second-order valence-electron chi connectivity index (χ2n) is 8.15. The fraction of sp³-hybridized carbons (Fsp3) is 0.0370. The molecule has 0 radical (unpaired) electrons. The van der Waals surface area contributed by atoms with Crippen LogP contribution >= 0.6 is 11.6 Å². The number of carbonyl (C=O) groups is 1. The number of fused-ring (bicyclic) bond motifs is 1. The van der Waals surface area contributed by atoms with Crippen LogP contribution in [0.1, 0.15) is 5.69 Å². The third-order valence-electron chi connectivity index (χ3n) is 5.39. The van der Waals surface area contributed by atoms with Crippen molar-refractivity contribution >= 4 is 40.0 Å². The maximum Gasteiger partial charge on any atom is 0.323 e. The minimum Gasteiger partial charge on any atom is -0.451 e. The summed E-state index contributed by atoms with van der Waals surface area (Å²) in [4.78, 5) is 25.4. The Balaban J connectivity index is 1.42. The number of halogens is 4. The summed E-state index contributed by atoms with van der Waals surface area (Å²) in [6.45, 7) is 1.86. The zero-order chi connectivity index (χ0) is 26.8. The summed E-state index contributed by atoms with van der Waals surface area (Å²) in [6, 6.07) is 13.9. The van der Waals surface area contributed by atoms with Gasteiger partial charge in [0.15, 0.2) is 11.6 Å². The van der Waals surface area contributed by atoms with Crippen molar-refractivity contribution in [3.63, 3.8) is 0 Å². The lowest BCUT2D eigenvalue weighted by Crippen LogP contribution is -2.20. The molecule has 0 spiro atoms. The van der Waals surface area contributed by atoms with Crippen molar-refractivity contribution in [3.8, 4) is 22.8 Å². The average Bonchev–Trinajstić information content (AvgIpc) is 2.89. The van der Waals surface area contributed by atoms with Crippen LogP contribution in [-0.2, 0) is 0 Å². The summed E-state index contributed by atoms with van der Waals surface area (Å²) < 4.78 is 49.5. The van der Waals surface area contributed by atoms with Gasteiger partial charge in [-0.2, -0.15) is 4.39 Å². The van der Waals surface area contributed by atoms with E-state index < -0.39 is 34.9 Å². The predicted octanol–water partition coefficient (Wildman–Crippen LogP) is 7.51. The molecule has 0 atom stereocenters. The quantitative estimate of drug-likeness (QED) is 0.227. The number of nitrogens with zero attached hydrogens (tertiary/aromatic N) is 3. The zero-order valence-corrected chi connectivity index (χ0v) is 20.4. The molecule has 2 aromatic heterocycles. The first-order valence-corrected chi connectivity index (χ1v) is 11.5. The molecule has 7 nitrogen and oxygen atoms in total. The summed E-state index contributed by atoms with van der Waals surface area (Å²) in [5.41, 5.74) is 2.65. The second-order valence-corrected chi connectivity index (χ2v) is 8.59. The monoisotopic (exact) mass is 535 g/mol. The van der Waals surface area contributed by atoms with Gasteiger partial charge in [-0.1, -0.05) is 17.7 Å². The van der Waals surface area contributed by atoms with Crippen molar-refractivity contribution in [2.45, 2.75) is 6.92 Å². The molecule has 0 saturated carbocycles. The number of ether oxygens (including phenoxy) is 1. The normalized spacial score (nSPS) is 10.9. The average molecular weight is 536 g/mol. The van der Waals surface area contributed by atoms with E-state index >= 15 is 4.39 Å². The van der Waals surface area contributed by atoms with Gasteiger partial charge in [-0.25, -0.2) is 18.6 Å². The predicted molar refractivity (Wildman–Crippen MR) is 138 cm³/mol. The molecule has 0 saturated heterocycles. The zero-order valence-electron chi connectivity index (χ0n) is 19.6.